The van der Waals surface area contributed by atoms with E-state index in [1.54, 1.807) is 52.3 Å². The zero-order chi connectivity index (χ0) is 27.0. The average Bonchev–Trinajstić information content (AvgIpc) is 3.33. The van der Waals surface area contributed by atoms with E-state index in [0.717, 1.165) is 16.8 Å². The van der Waals surface area contributed by atoms with Gasteiger partial charge in [0.1, 0.15) is 0 Å². The molecule has 1 fully saturated rings. The van der Waals surface area contributed by atoms with E-state index in [4.69, 9.17) is 11.6 Å². The quantitative estimate of drug-likeness (QED) is 0.364. The molecule has 5 rings (SSSR count). The number of carbonyl (C=O) groups is 2. The fraction of sp³-hybridized carbons (Fsp3) is 0.321. The molecule has 1 N–H and O–H groups in total. The number of pyridine rings is 1. The van der Waals surface area contributed by atoms with Crippen molar-refractivity contribution in [1.29, 1.82) is 0 Å². The second kappa shape index (κ2) is 10.1. The van der Waals surface area contributed by atoms with Crippen molar-refractivity contribution in [3.63, 3.8) is 0 Å². The first-order chi connectivity index (χ1) is 18.2. The number of hydrogen-bond acceptors (Lipinski definition) is 5. The van der Waals surface area contributed by atoms with Crippen LogP contribution in [-0.4, -0.2) is 60.2 Å². The van der Waals surface area contributed by atoms with Crippen LogP contribution in [0.5, 0.6) is 0 Å². The number of amides is 2. The lowest BCUT2D eigenvalue weighted by molar-refractivity contribution is 0.0431. The lowest BCUT2D eigenvalue weighted by Gasteiger charge is -2.50. The summed E-state index contributed by atoms with van der Waals surface area (Å²) in [5.41, 5.74) is 2.45. The fourth-order valence-corrected chi connectivity index (χ4v) is 5.64. The van der Waals surface area contributed by atoms with Crippen molar-refractivity contribution in [2.45, 2.75) is 45.7 Å². The molecular formula is C28H29ClN6O3. The highest BCUT2D eigenvalue weighted by Crippen LogP contribution is 2.38. The van der Waals surface area contributed by atoms with Gasteiger partial charge >= 0.3 is 6.09 Å². The Labute approximate surface area is 225 Å². The van der Waals surface area contributed by atoms with Crippen LogP contribution in [0.4, 0.5) is 10.6 Å². The summed E-state index contributed by atoms with van der Waals surface area (Å²) in [5.74, 6) is 0.0307. The number of hydrogen-bond donors (Lipinski definition) is 1. The summed E-state index contributed by atoms with van der Waals surface area (Å²) in [4.78, 5) is 38.4. The Morgan fingerprint density at radius 3 is 2.50 bits per heavy atom. The number of aromatic nitrogens is 4. The van der Waals surface area contributed by atoms with Gasteiger partial charge in [-0.3, -0.25) is 9.69 Å². The molecule has 1 saturated heterocycles. The molecule has 0 aliphatic carbocycles. The van der Waals surface area contributed by atoms with Crippen LogP contribution in [0.15, 0.2) is 67.3 Å². The van der Waals surface area contributed by atoms with Crippen LogP contribution in [0.3, 0.4) is 0 Å². The first kappa shape index (κ1) is 25.7. The van der Waals surface area contributed by atoms with Crippen molar-refractivity contribution in [2.75, 3.05) is 11.4 Å². The number of anilines is 1. The molecule has 1 aliphatic heterocycles. The van der Waals surface area contributed by atoms with E-state index in [2.05, 4.69) is 15.1 Å². The third-order valence-electron chi connectivity index (χ3n) is 6.97. The molecule has 3 aromatic heterocycles. The molecule has 1 unspecified atom stereocenters. The molecule has 10 heteroatoms. The van der Waals surface area contributed by atoms with Crippen molar-refractivity contribution in [3.8, 4) is 11.1 Å². The maximum absolute atomic E-state index is 14.2. The van der Waals surface area contributed by atoms with E-state index in [0.29, 0.717) is 35.8 Å². The Morgan fingerprint density at radius 2 is 1.82 bits per heavy atom. The minimum atomic E-state index is -1.000. The summed E-state index contributed by atoms with van der Waals surface area (Å²) in [6.45, 7) is 6.39. The molecule has 0 saturated carbocycles. The summed E-state index contributed by atoms with van der Waals surface area (Å²) in [6.07, 6.45) is 7.12. The smallest absolute Gasteiger partial charge is 0.407 e. The Kier molecular flexibility index (Phi) is 6.79. The van der Waals surface area contributed by atoms with Gasteiger partial charge in [-0.2, -0.15) is 5.10 Å². The highest BCUT2D eigenvalue weighted by atomic mass is 35.5. The van der Waals surface area contributed by atoms with Crippen LogP contribution in [-0.2, 0) is 0 Å². The molecule has 4 aromatic rings. The fourth-order valence-electron chi connectivity index (χ4n) is 5.43. The van der Waals surface area contributed by atoms with Crippen molar-refractivity contribution < 1.29 is 14.7 Å². The van der Waals surface area contributed by atoms with E-state index in [-0.39, 0.29) is 5.91 Å². The number of carboxylic acid groups (broad SMARTS) is 1. The summed E-state index contributed by atoms with van der Waals surface area (Å²) in [5, 5.41) is 14.7. The van der Waals surface area contributed by atoms with Crippen molar-refractivity contribution in [2.24, 2.45) is 5.41 Å². The van der Waals surface area contributed by atoms with Crippen LogP contribution in [0, 0.1) is 5.41 Å². The van der Waals surface area contributed by atoms with E-state index in [1.165, 1.54) is 4.90 Å². The molecule has 0 radical (unpaired) electrons. The third kappa shape index (κ3) is 4.69. The maximum Gasteiger partial charge on any atom is 0.407 e. The number of halogens is 1. The van der Waals surface area contributed by atoms with E-state index in [9.17, 15) is 14.7 Å². The highest BCUT2D eigenvalue weighted by Gasteiger charge is 2.46. The molecule has 4 heterocycles. The van der Waals surface area contributed by atoms with Gasteiger partial charge in [-0.1, -0.05) is 44.5 Å². The van der Waals surface area contributed by atoms with E-state index < -0.39 is 23.6 Å². The zero-order valence-electron chi connectivity index (χ0n) is 21.5. The van der Waals surface area contributed by atoms with Gasteiger partial charge in [0, 0.05) is 36.3 Å². The largest absolute Gasteiger partial charge is 0.465 e. The van der Waals surface area contributed by atoms with Crippen molar-refractivity contribution in [1.82, 2.24) is 24.5 Å². The number of rotatable bonds is 4. The van der Waals surface area contributed by atoms with Gasteiger partial charge < -0.3 is 10.0 Å². The molecule has 196 valence electrons. The molecule has 9 nitrogen and oxygen atoms in total. The minimum Gasteiger partial charge on any atom is -0.465 e. The number of fused-ring (bicyclic) bond motifs is 1. The predicted molar refractivity (Wildman–Crippen MR) is 145 cm³/mol. The summed E-state index contributed by atoms with van der Waals surface area (Å²) in [7, 11) is 0. The molecule has 38 heavy (non-hydrogen) atoms. The van der Waals surface area contributed by atoms with Crippen LogP contribution in [0.25, 0.3) is 16.8 Å². The minimum absolute atomic E-state index is 0.290. The first-order valence-corrected chi connectivity index (χ1v) is 12.9. The number of nitrogens with zero attached hydrogens (tertiary/aromatic N) is 6. The van der Waals surface area contributed by atoms with Gasteiger partial charge in [-0.25, -0.2) is 19.3 Å². The Morgan fingerprint density at radius 1 is 1.08 bits per heavy atom. The second-order valence-electron chi connectivity index (χ2n) is 10.5. The lowest BCUT2D eigenvalue weighted by atomic mass is 9.77. The molecule has 1 aliphatic rings. The molecule has 0 bridgehead atoms. The van der Waals surface area contributed by atoms with E-state index in [1.807, 2.05) is 45.2 Å². The number of likely N-dealkylation sites (tertiary alicyclic amines) is 1. The topological polar surface area (TPSA) is 104 Å². The summed E-state index contributed by atoms with van der Waals surface area (Å²) < 4.78 is 1.70. The first-order valence-electron chi connectivity index (χ1n) is 12.5. The number of benzene rings is 1. The van der Waals surface area contributed by atoms with Gasteiger partial charge in [0.15, 0.2) is 11.5 Å². The van der Waals surface area contributed by atoms with Gasteiger partial charge in [0.25, 0.3) is 5.91 Å². The van der Waals surface area contributed by atoms with Gasteiger partial charge in [-0.15, -0.1) is 0 Å². The molecular weight excluding hydrogens is 504 g/mol. The van der Waals surface area contributed by atoms with Crippen LogP contribution in [0.1, 0.15) is 44.0 Å². The van der Waals surface area contributed by atoms with Gasteiger partial charge in [0.05, 0.1) is 23.3 Å². The van der Waals surface area contributed by atoms with Crippen LogP contribution >= 0.6 is 11.6 Å². The van der Waals surface area contributed by atoms with Crippen LogP contribution < -0.4 is 4.90 Å². The number of piperidine rings is 1. The zero-order valence-corrected chi connectivity index (χ0v) is 22.2. The van der Waals surface area contributed by atoms with E-state index >= 15 is 0 Å². The van der Waals surface area contributed by atoms with Crippen molar-refractivity contribution in [3.05, 3.63) is 77.8 Å². The summed E-state index contributed by atoms with van der Waals surface area (Å²) in [6, 6.07) is 11.5. The lowest BCUT2D eigenvalue weighted by Crippen LogP contribution is -2.63. The molecule has 2 atom stereocenters. The second-order valence-corrected chi connectivity index (χ2v) is 10.9. The van der Waals surface area contributed by atoms with Gasteiger partial charge in [-0.05, 0) is 54.2 Å². The number of carbonyl (C=O) groups excluding carboxylic acids is 1. The predicted octanol–water partition coefficient (Wildman–Crippen LogP) is 5.65. The monoisotopic (exact) mass is 532 g/mol. The van der Waals surface area contributed by atoms with Crippen LogP contribution in [0.2, 0.25) is 5.02 Å². The maximum atomic E-state index is 14.2. The standard InChI is InChI=1S/C28H29ClN6O3/c1-28(2,3)23-22(8-5-15-33(23)27(37)38)35(25-21(29)7-4-13-31-25)26(36)19-11-9-18(10-12-19)20-17-32-34-16-6-14-30-24(20)34/h4,6-7,9-14,16-17,22-23H,5,8,15H2,1-3H3,(H,37,38)/t22-,23?/m1/s1. The van der Waals surface area contributed by atoms with Crippen molar-refractivity contribution >= 4 is 35.1 Å². The highest BCUT2D eigenvalue weighted by molar-refractivity contribution is 6.33. The summed E-state index contributed by atoms with van der Waals surface area (Å²) >= 11 is 6.58. The Hall–Kier alpha value is -3.98. The Bertz CT molecular complexity index is 1480. The third-order valence-corrected chi connectivity index (χ3v) is 7.27. The molecule has 1 aromatic carbocycles. The SMILES string of the molecule is CC(C)(C)C1[C@H](N(C(=O)c2ccc(-c3cnn4cccnc34)cc2)c2ncccc2Cl)CCCN1C(=O)O. The Balaban J connectivity index is 1.56. The molecule has 0 spiro atoms. The molecule has 2 amide bonds. The average molecular weight is 533 g/mol. The van der Waals surface area contributed by atoms with Gasteiger partial charge in [0.2, 0.25) is 0 Å². The normalized spacial score (nSPS) is 17.9.